The molecule has 1 aromatic carbocycles. The van der Waals surface area contributed by atoms with Gasteiger partial charge in [-0.2, -0.15) is 0 Å². The fourth-order valence-corrected chi connectivity index (χ4v) is 3.34. The summed E-state index contributed by atoms with van der Waals surface area (Å²) < 4.78 is 10.8. The van der Waals surface area contributed by atoms with Crippen LogP contribution >= 0.6 is 0 Å². The highest BCUT2D eigenvalue weighted by atomic mass is 16.5. The molecule has 0 N–H and O–H groups in total. The molecular weight excluding hydrogens is 354 g/mol. The number of hydrogen-bond donors (Lipinski definition) is 0. The average molecular weight is 383 g/mol. The monoisotopic (exact) mass is 383 g/mol. The maximum Gasteiger partial charge on any atom is 0.305 e. The molecule has 0 bridgehead atoms. The minimum atomic E-state index is -0.129. The summed E-state index contributed by atoms with van der Waals surface area (Å²) in [7, 11) is 0. The number of ether oxygens (including phenoxy) is 2. The number of unbranched alkanes of at least 4 members (excludes halogenated alkanes) is 1. The van der Waals surface area contributed by atoms with Crippen molar-refractivity contribution in [1.82, 2.24) is 4.98 Å². The third-order valence-electron chi connectivity index (χ3n) is 4.84. The highest BCUT2D eigenvalue weighted by molar-refractivity contribution is 5.69. The minimum absolute atomic E-state index is 0.129. The number of rotatable bonds is 9. The van der Waals surface area contributed by atoms with Crippen LogP contribution in [0, 0.1) is 0 Å². The third-order valence-corrected chi connectivity index (χ3v) is 4.84. The normalized spacial score (nSPS) is 14.0. The predicted molar refractivity (Wildman–Crippen MR) is 111 cm³/mol. The number of piperazine rings is 1. The van der Waals surface area contributed by atoms with Gasteiger partial charge in [-0.15, -0.1) is 0 Å². The molecule has 0 saturated carbocycles. The molecule has 2 heterocycles. The van der Waals surface area contributed by atoms with Gasteiger partial charge in [0.1, 0.15) is 5.75 Å². The van der Waals surface area contributed by atoms with Crippen molar-refractivity contribution >= 4 is 17.3 Å². The summed E-state index contributed by atoms with van der Waals surface area (Å²) in [6.45, 7) is 6.81. The molecule has 0 atom stereocenters. The van der Waals surface area contributed by atoms with Crippen LogP contribution in [0.3, 0.4) is 0 Å². The van der Waals surface area contributed by atoms with Gasteiger partial charge in [0.2, 0.25) is 0 Å². The number of esters is 1. The van der Waals surface area contributed by atoms with E-state index >= 15 is 0 Å². The molecule has 0 aliphatic carbocycles. The van der Waals surface area contributed by atoms with E-state index < -0.39 is 0 Å². The average Bonchev–Trinajstić information content (AvgIpc) is 2.75. The molecule has 1 aromatic heterocycles. The largest absolute Gasteiger partial charge is 0.494 e. The second-order valence-electron chi connectivity index (χ2n) is 6.79. The van der Waals surface area contributed by atoms with E-state index in [1.165, 1.54) is 11.4 Å². The fourth-order valence-electron chi connectivity index (χ4n) is 3.34. The SMILES string of the molecule is CCOC(=O)CCCCOc1cccc(N2CCN(c3ccncc3)CC2)c1. The van der Waals surface area contributed by atoms with Gasteiger partial charge in [0.05, 0.1) is 13.2 Å². The standard InChI is InChI=1S/C22H29N3O3/c1-2-27-22(26)8-3-4-17-28-21-7-5-6-20(18-21)25-15-13-24(14-16-25)19-9-11-23-12-10-19/h5-7,9-12,18H,2-4,8,13-17H2,1H3. The lowest BCUT2D eigenvalue weighted by Crippen LogP contribution is -2.46. The van der Waals surface area contributed by atoms with Gasteiger partial charge in [0, 0.05) is 62.4 Å². The molecule has 150 valence electrons. The molecule has 1 aliphatic rings. The number of anilines is 2. The molecule has 6 heteroatoms. The topological polar surface area (TPSA) is 54.9 Å². The summed E-state index contributed by atoms with van der Waals surface area (Å²) >= 11 is 0. The molecule has 1 saturated heterocycles. The van der Waals surface area contributed by atoms with Gasteiger partial charge in [-0.25, -0.2) is 0 Å². The van der Waals surface area contributed by atoms with Crippen LogP contribution in [0.4, 0.5) is 11.4 Å². The van der Waals surface area contributed by atoms with Crippen molar-refractivity contribution in [2.75, 3.05) is 49.2 Å². The minimum Gasteiger partial charge on any atom is -0.494 e. The molecule has 28 heavy (non-hydrogen) atoms. The van der Waals surface area contributed by atoms with E-state index in [2.05, 4.69) is 39.0 Å². The Morgan fingerprint density at radius 1 is 1.00 bits per heavy atom. The van der Waals surface area contributed by atoms with E-state index in [4.69, 9.17) is 9.47 Å². The van der Waals surface area contributed by atoms with Crippen molar-refractivity contribution in [2.24, 2.45) is 0 Å². The van der Waals surface area contributed by atoms with E-state index in [-0.39, 0.29) is 5.97 Å². The van der Waals surface area contributed by atoms with Crippen LogP contribution in [0.15, 0.2) is 48.8 Å². The van der Waals surface area contributed by atoms with Crippen molar-refractivity contribution in [3.8, 4) is 5.75 Å². The van der Waals surface area contributed by atoms with Crippen molar-refractivity contribution in [2.45, 2.75) is 26.2 Å². The Morgan fingerprint density at radius 2 is 1.71 bits per heavy atom. The number of carbonyl (C=O) groups is 1. The number of benzene rings is 1. The van der Waals surface area contributed by atoms with Crippen molar-refractivity contribution in [3.63, 3.8) is 0 Å². The van der Waals surface area contributed by atoms with Crippen LogP contribution in [-0.4, -0.2) is 50.3 Å². The Kier molecular flexibility index (Phi) is 7.53. The maximum atomic E-state index is 11.3. The van der Waals surface area contributed by atoms with E-state index in [9.17, 15) is 4.79 Å². The maximum absolute atomic E-state index is 11.3. The third kappa shape index (κ3) is 5.87. The highest BCUT2D eigenvalue weighted by Gasteiger charge is 2.17. The summed E-state index contributed by atoms with van der Waals surface area (Å²) in [6, 6.07) is 12.4. The van der Waals surface area contributed by atoms with E-state index in [0.717, 1.165) is 44.8 Å². The number of hydrogen-bond acceptors (Lipinski definition) is 6. The number of aromatic nitrogens is 1. The molecule has 0 spiro atoms. The molecule has 3 rings (SSSR count). The van der Waals surface area contributed by atoms with Crippen LogP contribution in [0.2, 0.25) is 0 Å². The van der Waals surface area contributed by atoms with Gasteiger partial charge >= 0.3 is 5.97 Å². The first kappa shape index (κ1) is 20.0. The van der Waals surface area contributed by atoms with Gasteiger partial charge in [0.25, 0.3) is 0 Å². The molecule has 1 aliphatic heterocycles. The lowest BCUT2D eigenvalue weighted by Gasteiger charge is -2.37. The van der Waals surface area contributed by atoms with E-state index in [1.807, 2.05) is 31.5 Å². The fraction of sp³-hybridized carbons (Fsp3) is 0.455. The summed E-state index contributed by atoms with van der Waals surface area (Å²) in [4.78, 5) is 20.2. The summed E-state index contributed by atoms with van der Waals surface area (Å²) in [6.07, 6.45) is 5.77. The Labute approximate surface area is 167 Å². The number of carbonyl (C=O) groups excluding carboxylic acids is 1. The molecule has 6 nitrogen and oxygen atoms in total. The molecular formula is C22H29N3O3. The second kappa shape index (κ2) is 10.5. The zero-order valence-electron chi connectivity index (χ0n) is 16.5. The first-order valence-electron chi connectivity index (χ1n) is 10.0. The lowest BCUT2D eigenvalue weighted by atomic mass is 10.2. The number of pyridine rings is 1. The van der Waals surface area contributed by atoms with E-state index in [0.29, 0.717) is 19.6 Å². The van der Waals surface area contributed by atoms with Crippen LogP contribution in [0.5, 0.6) is 5.75 Å². The second-order valence-corrected chi connectivity index (χ2v) is 6.79. The van der Waals surface area contributed by atoms with Gasteiger partial charge in [-0.05, 0) is 44.0 Å². The van der Waals surface area contributed by atoms with Crippen LogP contribution < -0.4 is 14.5 Å². The Balaban J connectivity index is 1.43. The molecule has 0 amide bonds. The first-order chi connectivity index (χ1) is 13.8. The lowest BCUT2D eigenvalue weighted by molar-refractivity contribution is -0.143. The summed E-state index contributed by atoms with van der Waals surface area (Å²) in [5.41, 5.74) is 2.42. The van der Waals surface area contributed by atoms with E-state index in [1.54, 1.807) is 0 Å². The quantitative estimate of drug-likeness (QED) is 0.488. The summed E-state index contributed by atoms with van der Waals surface area (Å²) in [5, 5.41) is 0. The van der Waals surface area contributed by atoms with Gasteiger partial charge in [0.15, 0.2) is 0 Å². The zero-order chi connectivity index (χ0) is 19.6. The van der Waals surface area contributed by atoms with Gasteiger partial charge in [-0.1, -0.05) is 6.07 Å². The summed E-state index contributed by atoms with van der Waals surface area (Å²) in [5.74, 6) is 0.751. The Hall–Kier alpha value is -2.76. The van der Waals surface area contributed by atoms with Crippen LogP contribution in [0.25, 0.3) is 0 Å². The van der Waals surface area contributed by atoms with Crippen molar-refractivity contribution < 1.29 is 14.3 Å². The predicted octanol–water partition coefficient (Wildman–Crippen LogP) is 3.52. The van der Waals surface area contributed by atoms with Crippen molar-refractivity contribution in [3.05, 3.63) is 48.8 Å². The van der Waals surface area contributed by atoms with Crippen LogP contribution in [0.1, 0.15) is 26.2 Å². The highest BCUT2D eigenvalue weighted by Crippen LogP contribution is 2.24. The number of nitrogens with zero attached hydrogens (tertiary/aromatic N) is 3. The first-order valence-corrected chi connectivity index (χ1v) is 10.0. The Morgan fingerprint density at radius 3 is 2.43 bits per heavy atom. The molecule has 0 radical (unpaired) electrons. The van der Waals surface area contributed by atoms with Gasteiger partial charge in [-0.3, -0.25) is 9.78 Å². The molecule has 2 aromatic rings. The van der Waals surface area contributed by atoms with Crippen LogP contribution in [-0.2, 0) is 9.53 Å². The van der Waals surface area contributed by atoms with Gasteiger partial charge < -0.3 is 19.3 Å². The zero-order valence-corrected chi connectivity index (χ0v) is 16.5. The van der Waals surface area contributed by atoms with Crippen molar-refractivity contribution in [1.29, 1.82) is 0 Å². The molecule has 1 fully saturated rings. The Bertz CT molecular complexity index is 731. The smallest absolute Gasteiger partial charge is 0.305 e. The molecule has 0 unspecified atom stereocenters.